The van der Waals surface area contributed by atoms with Crippen molar-refractivity contribution in [2.45, 2.75) is 45.9 Å². The van der Waals surface area contributed by atoms with Crippen LogP contribution < -0.4 is 16.6 Å². The summed E-state index contributed by atoms with van der Waals surface area (Å²) in [5.74, 6) is 0.00974. The molecule has 3 aromatic rings. The van der Waals surface area contributed by atoms with Crippen molar-refractivity contribution in [1.29, 1.82) is 5.26 Å². The lowest BCUT2D eigenvalue weighted by Gasteiger charge is -2.17. The summed E-state index contributed by atoms with van der Waals surface area (Å²) >= 11 is 0. The number of ether oxygens (including phenoxy) is 1. The van der Waals surface area contributed by atoms with Crippen LogP contribution in [-0.2, 0) is 36.7 Å². The highest BCUT2D eigenvalue weighted by Gasteiger charge is 2.24. The average molecular weight is 439 g/mol. The number of anilines is 1. The topological polar surface area (TPSA) is 129 Å². The van der Waals surface area contributed by atoms with Crippen molar-refractivity contribution in [2.75, 3.05) is 11.9 Å². The minimum Gasteiger partial charge on any atom is -0.376 e. The molecule has 32 heavy (non-hydrogen) atoms. The zero-order chi connectivity index (χ0) is 23.2. The van der Waals surface area contributed by atoms with Gasteiger partial charge < -0.3 is 19.2 Å². The maximum atomic E-state index is 13.0. The van der Waals surface area contributed by atoms with Gasteiger partial charge in [0.2, 0.25) is 5.91 Å². The van der Waals surface area contributed by atoms with E-state index >= 15 is 0 Å². The molecule has 4 rings (SSSR count). The maximum Gasteiger partial charge on any atom is 0.332 e. The standard InChI is InChI=1S/C21H25N7O4/c1-12-13(2)28(9-14-6-5-7-32-14)18(15(12)8-22)24-16(29)10-27-11-23-19-17(27)20(30)26(4)21(31)25(19)3/h11,14H,5-7,9-10H2,1-4H3,(H,24,29). The fourth-order valence-corrected chi connectivity index (χ4v) is 4.19. The minimum atomic E-state index is -0.528. The second kappa shape index (κ2) is 8.12. The quantitative estimate of drug-likeness (QED) is 0.618. The zero-order valence-corrected chi connectivity index (χ0v) is 18.5. The second-order valence-electron chi connectivity index (χ2n) is 8.09. The van der Waals surface area contributed by atoms with Gasteiger partial charge in [0, 0.05) is 26.4 Å². The number of aromatic nitrogens is 5. The Labute approximate surface area is 183 Å². The van der Waals surface area contributed by atoms with Crippen LogP contribution in [0.25, 0.3) is 11.2 Å². The van der Waals surface area contributed by atoms with E-state index in [1.54, 1.807) is 0 Å². The SMILES string of the molecule is Cc1c(C#N)c(NC(=O)Cn2cnc3c2c(=O)n(C)c(=O)n3C)n(CC2CCCO2)c1C. The first-order chi connectivity index (χ1) is 15.2. The van der Waals surface area contributed by atoms with Gasteiger partial charge in [-0.3, -0.25) is 18.7 Å². The number of amides is 1. The van der Waals surface area contributed by atoms with E-state index in [-0.39, 0.29) is 23.8 Å². The molecule has 0 bridgehead atoms. The average Bonchev–Trinajstić information content (AvgIpc) is 3.47. The molecule has 11 nitrogen and oxygen atoms in total. The van der Waals surface area contributed by atoms with Crippen LogP contribution in [0.1, 0.15) is 29.7 Å². The molecule has 1 fully saturated rings. The van der Waals surface area contributed by atoms with E-state index in [0.29, 0.717) is 24.5 Å². The Morgan fingerprint density at radius 1 is 1.31 bits per heavy atom. The van der Waals surface area contributed by atoms with Crippen molar-refractivity contribution < 1.29 is 9.53 Å². The molecule has 11 heteroatoms. The third kappa shape index (κ3) is 3.42. The monoisotopic (exact) mass is 439 g/mol. The van der Waals surface area contributed by atoms with Crippen LogP contribution >= 0.6 is 0 Å². The number of hydrogen-bond acceptors (Lipinski definition) is 6. The fraction of sp³-hybridized carbons (Fsp3) is 0.476. The van der Waals surface area contributed by atoms with Gasteiger partial charge in [-0.1, -0.05) is 0 Å². The van der Waals surface area contributed by atoms with Gasteiger partial charge in [-0.2, -0.15) is 5.26 Å². The van der Waals surface area contributed by atoms with E-state index in [0.717, 1.165) is 28.7 Å². The Balaban J connectivity index is 1.67. The number of fused-ring (bicyclic) bond motifs is 1. The number of imidazole rings is 1. The van der Waals surface area contributed by atoms with Gasteiger partial charge in [-0.25, -0.2) is 9.78 Å². The first kappa shape index (κ1) is 21.6. The summed E-state index contributed by atoms with van der Waals surface area (Å²) in [5, 5.41) is 12.5. The van der Waals surface area contributed by atoms with E-state index in [2.05, 4.69) is 16.4 Å². The van der Waals surface area contributed by atoms with Crippen LogP contribution in [-0.4, -0.2) is 41.9 Å². The van der Waals surface area contributed by atoms with Gasteiger partial charge in [0.1, 0.15) is 18.4 Å². The van der Waals surface area contributed by atoms with Gasteiger partial charge in [0.25, 0.3) is 5.56 Å². The highest BCUT2D eigenvalue weighted by molar-refractivity contribution is 5.92. The number of nitrogens with one attached hydrogen (secondary N) is 1. The molecule has 0 spiro atoms. The summed E-state index contributed by atoms with van der Waals surface area (Å²) in [5.41, 5.74) is 1.45. The summed E-state index contributed by atoms with van der Waals surface area (Å²) in [6.07, 6.45) is 3.30. The van der Waals surface area contributed by atoms with Gasteiger partial charge in [-0.05, 0) is 32.3 Å². The molecule has 4 heterocycles. The van der Waals surface area contributed by atoms with Crippen molar-refractivity contribution in [3.8, 4) is 6.07 Å². The predicted octanol–water partition coefficient (Wildman–Crippen LogP) is 0.541. The summed E-state index contributed by atoms with van der Waals surface area (Å²) in [7, 11) is 2.90. The number of nitriles is 1. The predicted molar refractivity (Wildman–Crippen MR) is 116 cm³/mol. The number of rotatable bonds is 5. The van der Waals surface area contributed by atoms with Gasteiger partial charge >= 0.3 is 5.69 Å². The molecule has 1 atom stereocenters. The molecule has 1 saturated heterocycles. The molecular weight excluding hydrogens is 414 g/mol. The number of carbonyl (C=O) groups excluding carboxylic acids is 1. The van der Waals surface area contributed by atoms with Crippen LogP contribution in [0.4, 0.5) is 5.82 Å². The maximum absolute atomic E-state index is 13.0. The lowest BCUT2D eigenvalue weighted by atomic mass is 10.2. The van der Waals surface area contributed by atoms with Crippen LogP contribution in [0.2, 0.25) is 0 Å². The summed E-state index contributed by atoms with van der Waals surface area (Å²) in [4.78, 5) is 41.8. The van der Waals surface area contributed by atoms with Crippen LogP contribution in [0, 0.1) is 25.2 Å². The highest BCUT2D eigenvalue weighted by Crippen LogP contribution is 2.28. The second-order valence-corrected chi connectivity index (χ2v) is 8.09. The van der Waals surface area contributed by atoms with Crippen LogP contribution in [0.5, 0.6) is 0 Å². The Kier molecular flexibility index (Phi) is 5.48. The first-order valence-corrected chi connectivity index (χ1v) is 10.4. The van der Waals surface area contributed by atoms with Gasteiger partial charge in [-0.15, -0.1) is 0 Å². The van der Waals surface area contributed by atoms with Gasteiger partial charge in [0.15, 0.2) is 11.2 Å². The lowest BCUT2D eigenvalue weighted by Crippen LogP contribution is -2.37. The van der Waals surface area contributed by atoms with E-state index in [4.69, 9.17) is 4.74 Å². The Morgan fingerprint density at radius 2 is 2.06 bits per heavy atom. The number of nitrogens with zero attached hydrogens (tertiary/aromatic N) is 6. The fourth-order valence-electron chi connectivity index (χ4n) is 4.19. The van der Waals surface area contributed by atoms with Crippen molar-refractivity contribution in [3.05, 3.63) is 44.0 Å². The number of hydrogen-bond donors (Lipinski definition) is 1. The third-order valence-corrected chi connectivity index (χ3v) is 6.14. The molecular formula is C21H25N7O4. The highest BCUT2D eigenvalue weighted by atomic mass is 16.5. The van der Waals surface area contributed by atoms with E-state index in [1.165, 1.54) is 29.6 Å². The molecule has 1 unspecified atom stereocenters. The summed E-state index contributed by atoms with van der Waals surface area (Å²) in [6.45, 7) is 4.82. The number of aryl methyl sites for hydroxylation is 1. The molecule has 3 aromatic heterocycles. The Bertz CT molecular complexity index is 1380. The third-order valence-electron chi connectivity index (χ3n) is 6.14. The summed E-state index contributed by atoms with van der Waals surface area (Å²) < 4.78 is 11.3. The summed E-state index contributed by atoms with van der Waals surface area (Å²) in [6, 6.07) is 2.19. The number of carbonyl (C=O) groups is 1. The molecule has 0 radical (unpaired) electrons. The van der Waals surface area contributed by atoms with Crippen molar-refractivity contribution in [2.24, 2.45) is 14.1 Å². The Hall–Kier alpha value is -3.65. The largest absolute Gasteiger partial charge is 0.376 e. The van der Waals surface area contributed by atoms with E-state index in [9.17, 15) is 19.6 Å². The Morgan fingerprint density at radius 3 is 2.72 bits per heavy atom. The molecule has 0 aliphatic carbocycles. The molecule has 1 aliphatic rings. The lowest BCUT2D eigenvalue weighted by molar-refractivity contribution is -0.116. The van der Waals surface area contributed by atoms with Crippen molar-refractivity contribution >= 4 is 22.9 Å². The molecule has 0 saturated carbocycles. The van der Waals surface area contributed by atoms with Crippen LogP contribution in [0.15, 0.2) is 15.9 Å². The zero-order valence-electron chi connectivity index (χ0n) is 18.5. The molecule has 168 valence electrons. The normalized spacial score (nSPS) is 15.9. The van der Waals surface area contributed by atoms with Crippen LogP contribution in [0.3, 0.4) is 0 Å². The molecule has 1 amide bonds. The minimum absolute atomic E-state index is 0.0320. The smallest absolute Gasteiger partial charge is 0.332 e. The molecule has 1 aliphatic heterocycles. The molecule has 1 N–H and O–H groups in total. The van der Waals surface area contributed by atoms with E-state index < -0.39 is 17.2 Å². The molecule has 0 aromatic carbocycles. The van der Waals surface area contributed by atoms with E-state index in [1.807, 2.05) is 18.4 Å². The first-order valence-electron chi connectivity index (χ1n) is 10.4. The van der Waals surface area contributed by atoms with Gasteiger partial charge in [0.05, 0.1) is 24.5 Å². The van der Waals surface area contributed by atoms with Crippen molar-refractivity contribution in [1.82, 2.24) is 23.3 Å². The van der Waals surface area contributed by atoms with Crippen molar-refractivity contribution in [3.63, 3.8) is 0 Å².